The minimum absolute atomic E-state index is 0.195. The minimum atomic E-state index is -0.813. The second-order valence-corrected chi connectivity index (χ2v) is 8.09. The largest absolute Gasteiger partial charge is 0.492 e. The number of carbonyl (C=O) groups is 1. The molecule has 10 nitrogen and oxygen atoms in total. The molecule has 0 aliphatic rings. The maximum absolute atomic E-state index is 13.5. The van der Waals surface area contributed by atoms with Crippen LogP contribution >= 0.6 is 11.6 Å². The summed E-state index contributed by atoms with van der Waals surface area (Å²) in [6.45, 7) is 7.18. The average molecular weight is 513 g/mol. The van der Waals surface area contributed by atoms with Gasteiger partial charge in [0.1, 0.15) is 23.1 Å². The molecule has 0 N–H and O–H groups in total. The van der Waals surface area contributed by atoms with E-state index in [1.165, 1.54) is 0 Å². The van der Waals surface area contributed by atoms with Crippen molar-refractivity contribution in [3.8, 4) is 5.75 Å². The van der Waals surface area contributed by atoms with Gasteiger partial charge in [0.25, 0.3) is 17.3 Å². The molecule has 0 spiro atoms. The second-order valence-electron chi connectivity index (χ2n) is 7.68. The van der Waals surface area contributed by atoms with Gasteiger partial charge in [-0.2, -0.15) is 0 Å². The molecule has 0 atom stereocenters. The Labute approximate surface area is 213 Å². The molecule has 11 heteroatoms. The van der Waals surface area contributed by atoms with Gasteiger partial charge in [0.2, 0.25) is 0 Å². The molecule has 0 saturated heterocycles. The zero-order valence-corrected chi connectivity index (χ0v) is 20.6. The highest BCUT2D eigenvalue weighted by atomic mass is 35.5. The fraction of sp³-hybridized carbons (Fsp3) is 0.240. The predicted octanol–water partition coefficient (Wildman–Crippen LogP) is 5.86. The van der Waals surface area contributed by atoms with Gasteiger partial charge in [-0.25, -0.2) is 0 Å². The molecule has 0 aliphatic heterocycles. The molecule has 36 heavy (non-hydrogen) atoms. The van der Waals surface area contributed by atoms with Crippen LogP contribution in [0.3, 0.4) is 0 Å². The highest BCUT2D eigenvalue weighted by molar-refractivity contribution is 6.33. The third-order valence-corrected chi connectivity index (χ3v) is 5.87. The summed E-state index contributed by atoms with van der Waals surface area (Å²) in [6, 6.07) is 16.5. The summed E-state index contributed by atoms with van der Waals surface area (Å²) >= 11 is 6.09. The molecule has 0 radical (unpaired) electrons. The van der Waals surface area contributed by atoms with Crippen LogP contribution in [0, 0.1) is 20.2 Å². The lowest BCUT2D eigenvalue weighted by Gasteiger charge is -2.23. The first kappa shape index (κ1) is 26.6. The molecule has 3 aromatic rings. The van der Waals surface area contributed by atoms with Crippen molar-refractivity contribution in [2.24, 2.45) is 0 Å². The van der Waals surface area contributed by atoms with Crippen LogP contribution in [0.2, 0.25) is 5.02 Å². The van der Waals surface area contributed by atoms with Crippen molar-refractivity contribution in [3.05, 3.63) is 97.5 Å². The number of anilines is 2. The lowest BCUT2D eigenvalue weighted by atomic mass is 10.1. The lowest BCUT2D eigenvalue weighted by Crippen LogP contribution is -2.28. The summed E-state index contributed by atoms with van der Waals surface area (Å²) in [5, 5.41) is 22.8. The van der Waals surface area contributed by atoms with Crippen LogP contribution < -0.4 is 9.64 Å². The quantitative estimate of drug-likeness (QED) is 0.233. The Kier molecular flexibility index (Phi) is 8.93. The van der Waals surface area contributed by atoms with Gasteiger partial charge in [-0.15, -0.1) is 0 Å². The highest BCUT2D eigenvalue weighted by Gasteiger charge is 2.31. The SMILES string of the molecule is CCN(CC)CCOc1ccc(N(C(=O)c2ccccc2)c2cc(Cl)c([N+](=O)[O-])cc2[N+](=O)[O-])cc1. The number of amides is 1. The molecule has 3 aromatic carbocycles. The summed E-state index contributed by atoms with van der Waals surface area (Å²) < 4.78 is 5.80. The van der Waals surface area contributed by atoms with Crippen LogP contribution in [-0.2, 0) is 0 Å². The Morgan fingerprint density at radius 3 is 2.08 bits per heavy atom. The van der Waals surface area contributed by atoms with Gasteiger partial charge < -0.3 is 9.64 Å². The van der Waals surface area contributed by atoms with Gasteiger partial charge in [-0.05, 0) is 55.6 Å². The van der Waals surface area contributed by atoms with Crippen molar-refractivity contribution < 1.29 is 19.4 Å². The number of halogens is 1. The van der Waals surface area contributed by atoms with Crippen LogP contribution in [0.15, 0.2) is 66.7 Å². The van der Waals surface area contributed by atoms with Gasteiger partial charge in [0, 0.05) is 17.8 Å². The number of nitrogens with zero attached hydrogens (tertiary/aromatic N) is 4. The molecule has 1 amide bonds. The fourth-order valence-corrected chi connectivity index (χ4v) is 3.83. The third-order valence-electron chi connectivity index (χ3n) is 5.57. The molecule has 0 unspecified atom stereocenters. The van der Waals surface area contributed by atoms with Gasteiger partial charge in [-0.1, -0.05) is 43.6 Å². The van der Waals surface area contributed by atoms with Gasteiger partial charge >= 0.3 is 0 Å². The molecule has 0 bridgehead atoms. The van der Waals surface area contributed by atoms with E-state index < -0.39 is 27.1 Å². The van der Waals surface area contributed by atoms with E-state index in [4.69, 9.17) is 16.3 Å². The standard InChI is InChI=1S/C25H25ClN4O6/c1-3-27(4-2)14-15-36-20-12-10-19(11-13-20)28(25(31)18-8-6-5-7-9-18)23-16-21(26)22(29(32)33)17-24(23)30(34)35/h5-13,16-17H,3-4,14-15H2,1-2H3. The number of ether oxygens (including phenoxy) is 1. The Morgan fingerprint density at radius 2 is 1.53 bits per heavy atom. The summed E-state index contributed by atoms with van der Waals surface area (Å²) in [6.07, 6.45) is 0. The first-order valence-corrected chi connectivity index (χ1v) is 11.6. The number of rotatable bonds is 11. The Morgan fingerprint density at radius 1 is 0.917 bits per heavy atom. The van der Waals surface area contributed by atoms with Crippen molar-refractivity contribution >= 4 is 40.3 Å². The highest BCUT2D eigenvalue weighted by Crippen LogP contribution is 2.41. The summed E-state index contributed by atoms with van der Waals surface area (Å²) in [7, 11) is 0. The van der Waals surface area contributed by atoms with Crippen LogP contribution in [0.1, 0.15) is 24.2 Å². The van der Waals surface area contributed by atoms with E-state index in [1.807, 2.05) is 0 Å². The van der Waals surface area contributed by atoms with Crippen molar-refractivity contribution in [2.75, 3.05) is 31.1 Å². The van der Waals surface area contributed by atoms with Crippen LogP contribution in [0.4, 0.5) is 22.7 Å². The second kappa shape index (κ2) is 12.1. The first-order valence-electron chi connectivity index (χ1n) is 11.2. The number of hydrogen-bond acceptors (Lipinski definition) is 7. The molecule has 0 fully saturated rings. The van der Waals surface area contributed by atoms with Crippen molar-refractivity contribution in [1.29, 1.82) is 0 Å². The van der Waals surface area contributed by atoms with E-state index in [9.17, 15) is 25.0 Å². The Balaban J connectivity index is 2.04. The van der Waals surface area contributed by atoms with E-state index in [2.05, 4.69) is 18.7 Å². The molecule has 0 aromatic heterocycles. The number of likely N-dealkylation sites (N-methyl/N-ethyl adjacent to an activating group) is 1. The maximum atomic E-state index is 13.5. The number of benzene rings is 3. The molecule has 0 aliphatic carbocycles. The monoisotopic (exact) mass is 512 g/mol. The minimum Gasteiger partial charge on any atom is -0.492 e. The Bertz CT molecular complexity index is 1230. The number of carbonyl (C=O) groups excluding carboxylic acids is 1. The van der Waals surface area contributed by atoms with E-state index in [0.29, 0.717) is 18.0 Å². The zero-order chi connectivity index (χ0) is 26.2. The third kappa shape index (κ3) is 6.15. The molecule has 0 saturated carbocycles. The van der Waals surface area contributed by atoms with E-state index >= 15 is 0 Å². The van der Waals surface area contributed by atoms with Crippen molar-refractivity contribution in [1.82, 2.24) is 4.90 Å². The molecule has 3 rings (SSSR count). The fourth-order valence-electron chi connectivity index (χ4n) is 3.60. The molecular weight excluding hydrogens is 488 g/mol. The van der Waals surface area contributed by atoms with Crippen molar-refractivity contribution in [2.45, 2.75) is 13.8 Å². The first-order chi connectivity index (χ1) is 17.3. The average Bonchev–Trinajstić information content (AvgIpc) is 2.87. The zero-order valence-electron chi connectivity index (χ0n) is 19.8. The molecule has 188 valence electrons. The topological polar surface area (TPSA) is 119 Å². The number of nitro groups is 2. The van der Waals surface area contributed by atoms with Crippen molar-refractivity contribution in [3.63, 3.8) is 0 Å². The molecular formula is C25H25ClN4O6. The van der Waals surface area contributed by atoms with Crippen LogP contribution in [0.5, 0.6) is 5.75 Å². The van der Waals surface area contributed by atoms with E-state index in [1.54, 1.807) is 54.6 Å². The predicted molar refractivity (Wildman–Crippen MR) is 137 cm³/mol. The van der Waals surface area contributed by atoms with Gasteiger partial charge in [0.15, 0.2) is 0 Å². The Hall–Kier alpha value is -4.02. The van der Waals surface area contributed by atoms with Gasteiger partial charge in [0.05, 0.1) is 15.9 Å². The van der Waals surface area contributed by atoms with Crippen LogP contribution in [-0.4, -0.2) is 46.9 Å². The number of hydrogen-bond donors (Lipinski definition) is 0. The van der Waals surface area contributed by atoms with E-state index in [0.717, 1.165) is 36.7 Å². The van der Waals surface area contributed by atoms with Gasteiger partial charge in [-0.3, -0.25) is 29.9 Å². The summed E-state index contributed by atoms with van der Waals surface area (Å²) in [5.41, 5.74) is -0.889. The smallest absolute Gasteiger partial charge is 0.300 e. The van der Waals surface area contributed by atoms with Crippen LogP contribution in [0.25, 0.3) is 0 Å². The number of nitro benzene ring substituents is 2. The molecule has 0 heterocycles. The van der Waals surface area contributed by atoms with E-state index in [-0.39, 0.29) is 16.3 Å². The summed E-state index contributed by atoms with van der Waals surface area (Å²) in [4.78, 5) is 38.4. The normalized spacial score (nSPS) is 10.8. The maximum Gasteiger partial charge on any atom is 0.300 e. The lowest BCUT2D eigenvalue weighted by molar-refractivity contribution is -0.393. The summed E-state index contributed by atoms with van der Waals surface area (Å²) in [5.74, 6) is -0.00642.